The lowest BCUT2D eigenvalue weighted by molar-refractivity contribution is 0.485. The third kappa shape index (κ3) is 1.79. The lowest BCUT2D eigenvalue weighted by atomic mass is 10.3. The van der Waals surface area contributed by atoms with E-state index in [1.807, 2.05) is 54.6 Å². The third-order valence-electron chi connectivity index (χ3n) is 3.87. The molecule has 0 radical (unpaired) electrons. The number of nitrogens with two attached hydrogens (primary N) is 1. The summed E-state index contributed by atoms with van der Waals surface area (Å²) in [4.78, 5) is 0. The number of hydrogen-bond donors (Lipinski definition) is 1. The number of hydrogen-bond acceptors (Lipinski definition) is 3. The van der Waals surface area contributed by atoms with Gasteiger partial charge in [-0.15, -0.1) is 0 Å². The number of anilines is 1. The van der Waals surface area contributed by atoms with Crippen LogP contribution in [0, 0.1) is 0 Å². The van der Waals surface area contributed by atoms with Crippen LogP contribution in [0.3, 0.4) is 0 Å². The first kappa shape index (κ1) is 13.2. The number of ether oxygens (including phenoxy) is 1. The molecule has 0 spiro atoms. The quantitative estimate of drug-likeness (QED) is 0.434. The van der Waals surface area contributed by atoms with E-state index in [1.54, 1.807) is 18.2 Å². The average Bonchev–Trinajstić information content (AvgIpc) is 2.57. The molecule has 0 saturated carbocycles. The van der Waals surface area contributed by atoms with Crippen LogP contribution in [0.5, 0.6) is 11.5 Å². The molecule has 3 aromatic rings. The van der Waals surface area contributed by atoms with Gasteiger partial charge in [0.25, 0.3) is 0 Å². The Morgan fingerprint density at radius 3 is 2.27 bits per heavy atom. The van der Waals surface area contributed by atoms with Crippen molar-refractivity contribution < 1.29 is 9.30 Å². The first-order chi connectivity index (χ1) is 10.7. The van der Waals surface area contributed by atoms with Gasteiger partial charge >= 0.3 is 0 Å². The minimum absolute atomic E-state index is 0.581. The predicted molar refractivity (Wildman–Crippen MR) is 90.3 cm³/mol. The van der Waals surface area contributed by atoms with E-state index in [9.17, 15) is 4.57 Å². The maximum Gasteiger partial charge on any atom is 0.178 e. The molecule has 108 valence electrons. The molecule has 3 aromatic carbocycles. The number of fused-ring (bicyclic) bond motifs is 2. The summed E-state index contributed by atoms with van der Waals surface area (Å²) in [5.74, 6) is 1.26. The van der Waals surface area contributed by atoms with Crippen LogP contribution in [-0.2, 0) is 4.57 Å². The molecule has 1 heterocycles. The van der Waals surface area contributed by atoms with Crippen LogP contribution < -0.4 is 26.4 Å². The first-order valence-corrected chi connectivity index (χ1v) is 8.73. The van der Waals surface area contributed by atoms with E-state index in [1.165, 1.54) is 0 Å². The lowest BCUT2D eigenvalue weighted by Crippen LogP contribution is -2.30. The molecule has 1 unspecified atom stereocenters. The molecular formula is C18H14NO2P. The molecule has 3 nitrogen and oxygen atoms in total. The van der Waals surface area contributed by atoms with E-state index in [0.29, 0.717) is 22.5 Å². The molecular weight excluding hydrogens is 293 g/mol. The molecule has 0 saturated heterocycles. The van der Waals surface area contributed by atoms with Crippen LogP contribution in [0.25, 0.3) is 0 Å². The van der Waals surface area contributed by atoms with Crippen LogP contribution in [-0.4, -0.2) is 0 Å². The third-order valence-corrected chi connectivity index (χ3v) is 6.97. The van der Waals surface area contributed by atoms with Crippen LogP contribution >= 0.6 is 7.14 Å². The van der Waals surface area contributed by atoms with Crippen molar-refractivity contribution in [1.82, 2.24) is 0 Å². The highest BCUT2D eigenvalue weighted by atomic mass is 31.2. The highest BCUT2D eigenvalue weighted by molar-refractivity contribution is 7.85. The molecule has 2 N–H and O–H groups in total. The van der Waals surface area contributed by atoms with Crippen molar-refractivity contribution in [2.24, 2.45) is 0 Å². The highest BCUT2D eigenvalue weighted by Crippen LogP contribution is 2.51. The lowest BCUT2D eigenvalue weighted by Gasteiger charge is -2.29. The molecule has 0 fully saturated rings. The van der Waals surface area contributed by atoms with E-state index >= 15 is 0 Å². The van der Waals surface area contributed by atoms with Crippen molar-refractivity contribution in [3.05, 3.63) is 72.8 Å². The predicted octanol–water partition coefficient (Wildman–Crippen LogP) is 3.01. The molecule has 1 atom stereocenters. The van der Waals surface area contributed by atoms with Gasteiger partial charge < -0.3 is 15.0 Å². The number of rotatable bonds is 1. The van der Waals surface area contributed by atoms with Crippen LogP contribution in [0.4, 0.5) is 5.69 Å². The Balaban J connectivity index is 2.10. The van der Waals surface area contributed by atoms with E-state index in [0.717, 1.165) is 10.6 Å². The Hall–Kier alpha value is -2.51. The molecule has 0 aromatic heterocycles. The summed E-state index contributed by atoms with van der Waals surface area (Å²) in [7, 11) is -2.98. The average molecular weight is 307 g/mol. The SMILES string of the molecule is Nc1ccc2c(c1)P(=O)(c1ccccc1)c1ccccc1O2. The normalized spacial score (nSPS) is 18.9. The molecule has 1 aliphatic heterocycles. The fourth-order valence-electron chi connectivity index (χ4n) is 2.83. The standard InChI is InChI=1S/C18H14NO2P/c19-13-10-11-16-18(12-13)22(20,14-6-2-1-3-7-14)17-9-5-4-8-15(17)21-16/h1-12H,19H2. The van der Waals surface area contributed by atoms with Crippen molar-refractivity contribution in [2.75, 3.05) is 5.73 Å². The van der Waals surface area contributed by atoms with Gasteiger partial charge in [-0.2, -0.15) is 0 Å². The van der Waals surface area contributed by atoms with E-state index in [-0.39, 0.29) is 0 Å². The zero-order chi connectivity index (χ0) is 15.2. The van der Waals surface area contributed by atoms with Crippen molar-refractivity contribution in [2.45, 2.75) is 0 Å². The first-order valence-electron chi connectivity index (χ1n) is 7.03. The minimum atomic E-state index is -2.98. The Bertz CT molecular complexity index is 906. The van der Waals surface area contributed by atoms with Gasteiger partial charge in [-0.3, -0.25) is 0 Å². The van der Waals surface area contributed by atoms with Crippen LogP contribution in [0.15, 0.2) is 72.8 Å². The van der Waals surface area contributed by atoms with Crippen molar-refractivity contribution in [3.63, 3.8) is 0 Å². The maximum atomic E-state index is 14.1. The molecule has 4 heteroatoms. The topological polar surface area (TPSA) is 52.3 Å². The van der Waals surface area contributed by atoms with E-state index in [4.69, 9.17) is 10.5 Å². The Morgan fingerprint density at radius 1 is 0.773 bits per heavy atom. The van der Waals surface area contributed by atoms with Gasteiger partial charge in [-0.05, 0) is 30.3 Å². The number of para-hydroxylation sites is 1. The summed E-state index contributed by atoms with van der Waals surface area (Å²) in [5.41, 5.74) is 6.51. The second-order valence-corrected chi connectivity index (χ2v) is 7.94. The van der Waals surface area contributed by atoms with Gasteiger partial charge in [-0.1, -0.05) is 42.5 Å². The zero-order valence-corrected chi connectivity index (χ0v) is 12.7. The van der Waals surface area contributed by atoms with Gasteiger partial charge in [0.1, 0.15) is 11.5 Å². The van der Waals surface area contributed by atoms with E-state index < -0.39 is 7.14 Å². The monoisotopic (exact) mass is 307 g/mol. The number of nitrogen functional groups attached to an aromatic ring is 1. The maximum absolute atomic E-state index is 14.1. The summed E-state index contributed by atoms with van der Waals surface area (Å²) in [6, 6.07) is 22.3. The minimum Gasteiger partial charge on any atom is -0.456 e. The highest BCUT2D eigenvalue weighted by Gasteiger charge is 2.38. The summed E-state index contributed by atoms with van der Waals surface area (Å²) in [6.45, 7) is 0. The zero-order valence-electron chi connectivity index (χ0n) is 11.8. The molecule has 0 bridgehead atoms. The van der Waals surface area contributed by atoms with Gasteiger partial charge in [0, 0.05) is 11.0 Å². The summed E-state index contributed by atoms with van der Waals surface area (Å²) in [5, 5.41) is 2.18. The second-order valence-electron chi connectivity index (χ2n) is 5.24. The van der Waals surface area contributed by atoms with Gasteiger partial charge in [-0.25, -0.2) is 0 Å². The van der Waals surface area contributed by atoms with Crippen molar-refractivity contribution >= 4 is 28.7 Å². The smallest absolute Gasteiger partial charge is 0.178 e. The molecule has 22 heavy (non-hydrogen) atoms. The van der Waals surface area contributed by atoms with E-state index in [2.05, 4.69) is 0 Å². The van der Waals surface area contributed by atoms with Gasteiger partial charge in [0.15, 0.2) is 7.14 Å². The van der Waals surface area contributed by atoms with Crippen LogP contribution in [0.1, 0.15) is 0 Å². The fraction of sp³-hybridized carbons (Fsp3) is 0. The Labute approximate surface area is 128 Å². The molecule has 0 aliphatic carbocycles. The van der Waals surface area contributed by atoms with Crippen LogP contribution in [0.2, 0.25) is 0 Å². The van der Waals surface area contributed by atoms with Crippen molar-refractivity contribution in [1.29, 1.82) is 0 Å². The van der Waals surface area contributed by atoms with Crippen molar-refractivity contribution in [3.8, 4) is 11.5 Å². The molecule has 4 rings (SSSR count). The molecule has 0 amide bonds. The summed E-state index contributed by atoms with van der Waals surface area (Å²) in [6.07, 6.45) is 0. The largest absolute Gasteiger partial charge is 0.456 e. The molecule has 1 aliphatic rings. The van der Waals surface area contributed by atoms with Gasteiger partial charge in [0.2, 0.25) is 0 Å². The number of benzene rings is 3. The Morgan fingerprint density at radius 2 is 1.45 bits per heavy atom. The summed E-state index contributed by atoms with van der Waals surface area (Å²) >= 11 is 0. The van der Waals surface area contributed by atoms with Gasteiger partial charge in [0.05, 0.1) is 10.6 Å². The Kier molecular flexibility index (Phi) is 2.85. The second kappa shape index (κ2) is 4.75. The fourth-order valence-corrected chi connectivity index (χ4v) is 5.73. The summed E-state index contributed by atoms with van der Waals surface area (Å²) < 4.78 is 20.0.